The van der Waals surface area contributed by atoms with Crippen LogP contribution in [0.15, 0.2) is 61.1 Å². The summed E-state index contributed by atoms with van der Waals surface area (Å²) in [6.45, 7) is 2.10. The molecule has 0 spiro atoms. The van der Waals surface area contributed by atoms with Crippen molar-refractivity contribution in [1.82, 2.24) is 25.0 Å². The molecule has 1 amide bonds. The molecule has 1 atom stereocenters. The summed E-state index contributed by atoms with van der Waals surface area (Å²) in [7, 11) is 1.63. The molecule has 7 nitrogen and oxygen atoms in total. The Labute approximate surface area is 157 Å². The minimum atomic E-state index is -0.0717. The third-order valence-corrected chi connectivity index (χ3v) is 4.72. The first-order valence-electron chi connectivity index (χ1n) is 8.88. The average Bonchev–Trinajstić information content (AvgIpc) is 3.24. The summed E-state index contributed by atoms with van der Waals surface area (Å²) in [4.78, 5) is 19.2. The molecule has 27 heavy (non-hydrogen) atoms. The van der Waals surface area contributed by atoms with E-state index in [4.69, 9.17) is 4.74 Å². The lowest BCUT2D eigenvalue weighted by Gasteiger charge is -2.36. The van der Waals surface area contributed by atoms with Gasteiger partial charge in [-0.15, -0.1) is 0 Å². The number of rotatable bonds is 4. The molecule has 1 N–H and O–H groups in total. The largest absolute Gasteiger partial charge is 0.497 e. The molecule has 1 unspecified atom stereocenters. The molecule has 1 aliphatic rings. The normalized spacial score (nSPS) is 16.9. The number of piperazine rings is 1. The van der Waals surface area contributed by atoms with Crippen molar-refractivity contribution in [2.75, 3.05) is 26.7 Å². The molecule has 0 bridgehead atoms. The van der Waals surface area contributed by atoms with Gasteiger partial charge in [-0.1, -0.05) is 6.07 Å². The van der Waals surface area contributed by atoms with E-state index in [1.54, 1.807) is 30.3 Å². The first-order valence-corrected chi connectivity index (χ1v) is 8.88. The molecule has 0 aliphatic carbocycles. The van der Waals surface area contributed by atoms with Crippen molar-refractivity contribution in [3.63, 3.8) is 0 Å². The molecule has 138 valence electrons. The number of nitrogens with zero attached hydrogens (tertiary/aromatic N) is 4. The van der Waals surface area contributed by atoms with Gasteiger partial charge in [0.25, 0.3) is 5.91 Å². The Balaban J connectivity index is 1.57. The number of aromatic nitrogens is 3. The molecule has 3 heterocycles. The van der Waals surface area contributed by atoms with Crippen LogP contribution in [-0.4, -0.2) is 52.3 Å². The first-order chi connectivity index (χ1) is 13.3. The second-order valence-corrected chi connectivity index (χ2v) is 6.35. The zero-order chi connectivity index (χ0) is 18.6. The Hall–Kier alpha value is -3.19. The van der Waals surface area contributed by atoms with Crippen LogP contribution in [0.5, 0.6) is 5.75 Å². The number of ether oxygens (including phenoxy) is 1. The van der Waals surface area contributed by atoms with Gasteiger partial charge in [-0.3, -0.25) is 9.78 Å². The van der Waals surface area contributed by atoms with Crippen LogP contribution in [0.1, 0.15) is 22.1 Å². The average molecular weight is 363 g/mol. The Morgan fingerprint density at radius 1 is 1.22 bits per heavy atom. The number of hydrogen-bond acceptors (Lipinski definition) is 5. The van der Waals surface area contributed by atoms with Crippen molar-refractivity contribution in [1.29, 1.82) is 0 Å². The van der Waals surface area contributed by atoms with E-state index in [0.29, 0.717) is 18.8 Å². The van der Waals surface area contributed by atoms with Gasteiger partial charge in [0.2, 0.25) is 0 Å². The lowest BCUT2D eigenvalue weighted by atomic mass is 10.0. The van der Waals surface area contributed by atoms with Crippen LogP contribution in [0, 0.1) is 0 Å². The minimum absolute atomic E-state index is 0.0499. The number of nitrogens with one attached hydrogen (secondary N) is 1. The molecule has 2 aromatic heterocycles. The molecule has 1 aliphatic heterocycles. The van der Waals surface area contributed by atoms with Gasteiger partial charge in [0.1, 0.15) is 5.75 Å². The first kappa shape index (κ1) is 17.2. The number of pyridine rings is 1. The van der Waals surface area contributed by atoms with E-state index >= 15 is 0 Å². The number of amides is 1. The summed E-state index contributed by atoms with van der Waals surface area (Å²) in [5.74, 6) is 0.708. The summed E-state index contributed by atoms with van der Waals surface area (Å²) >= 11 is 0. The summed E-state index contributed by atoms with van der Waals surface area (Å²) in [6, 6.07) is 13.2. The number of methoxy groups -OCH3 is 1. The van der Waals surface area contributed by atoms with E-state index in [2.05, 4.69) is 15.4 Å². The van der Waals surface area contributed by atoms with Crippen molar-refractivity contribution in [2.24, 2.45) is 0 Å². The fourth-order valence-corrected chi connectivity index (χ4v) is 3.28. The smallest absolute Gasteiger partial charge is 0.274 e. The van der Waals surface area contributed by atoms with Crippen molar-refractivity contribution < 1.29 is 9.53 Å². The van der Waals surface area contributed by atoms with E-state index in [-0.39, 0.29) is 11.9 Å². The number of benzene rings is 1. The van der Waals surface area contributed by atoms with Gasteiger partial charge < -0.3 is 15.0 Å². The van der Waals surface area contributed by atoms with Crippen LogP contribution < -0.4 is 10.1 Å². The van der Waals surface area contributed by atoms with Crippen molar-refractivity contribution in [2.45, 2.75) is 6.04 Å². The number of hydrogen-bond donors (Lipinski definition) is 1. The van der Waals surface area contributed by atoms with Crippen LogP contribution in [0.2, 0.25) is 0 Å². The van der Waals surface area contributed by atoms with Gasteiger partial charge in [0.15, 0.2) is 5.69 Å². The SMILES string of the molecule is COc1ccc(-n2ccc(C(=O)N3CCNCC3c3cccnc3)n2)cc1. The molecule has 0 radical (unpaired) electrons. The van der Waals surface area contributed by atoms with E-state index in [9.17, 15) is 4.79 Å². The third-order valence-electron chi connectivity index (χ3n) is 4.72. The van der Waals surface area contributed by atoms with Crippen molar-refractivity contribution in [3.8, 4) is 11.4 Å². The summed E-state index contributed by atoms with van der Waals surface area (Å²) in [5.41, 5.74) is 2.33. The highest BCUT2D eigenvalue weighted by Crippen LogP contribution is 2.23. The molecule has 7 heteroatoms. The Morgan fingerprint density at radius 3 is 2.81 bits per heavy atom. The third kappa shape index (κ3) is 3.54. The summed E-state index contributed by atoms with van der Waals surface area (Å²) < 4.78 is 6.88. The van der Waals surface area contributed by atoms with Gasteiger partial charge in [-0.25, -0.2) is 4.68 Å². The molecular formula is C20H21N5O2. The highest BCUT2D eigenvalue weighted by atomic mass is 16.5. The van der Waals surface area contributed by atoms with Gasteiger partial charge in [-0.05, 0) is 42.0 Å². The zero-order valence-electron chi connectivity index (χ0n) is 15.1. The molecule has 3 aromatic rings. The number of carbonyl (C=O) groups is 1. The monoisotopic (exact) mass is 363 g/mol. The standard InChI is InChI=1S/C20H21N5O2/c1-27-17-6-4-16(5-7-17)25-11-8-18(23-25)20(26)24-12-10-22-14-19(24)15-3-2-9-21-13-15/h2-9,11,13,19,22H,10,12,14H2,1H3. The predicted octanol–water partition coefficient (Wildman–Crippen LogP) is 2.06. The Kier molecular flexibility index (Phi) is 4.84. The lowest BCUT2D eigenvalue weighted by molar-refractivity contribution is 0.0627. The highest BCUT2D eigenvalue weighted by Gasteiger charge is 2.29. The van der Waals surface area contributed by atoms with Crippen LogP contribution in [0.25, 0.3) is 5.69 Å². The Bertz CT molecular complexity index is 908. The number of carbonyl (C=O) groups excluding carboxylic acids is 1. The maximum absolute atomic E-state index is 13.1. The van der Waals surface area contributed by atoms with E-state index in [1.807, 2.05) is 47.5 Å². The molecular weight excluding hydrogens is 342 g/mol. The maximum Gasteiger partial charge on any atom is 0.274 e. The van der Waals surface area contributed by atoms with Gasteiger partial charge >= 0.3 is 0 Å². The lowest BCUT2D eigenvalue weighted by Crippen LogP contribution is -2.48. The molecule has 0 saturated carbocycles. The molecule has 4 rings (SSSR count). The second kappa shape index (κ2) is 7.59. The van der Waals surface area contributed by atoms with Gasteiger partial charge in [-0.2, -0.15) is 5.10 Å². The van der Waals surface area contributed by atoms with Crippen LogP contribution in [-0.2, 0) is 0 Å². The topological polar surface area (TPSA) is 72.3 Å². The Morgan fingerprint density at radius 2 is 2.07 bits per heavy atom. The fraction of sp³-hybridized carbons (Fsp3) is 0.250. The van der Waals surface area contributed by atoms with E-state index < -0.39 is 0 Å². The molecule has 1 aromatic carbocycles. The maximum atomic E-state index is 13.1. The highest BCUT2D eigenvalue weighted by molar-refractivity contribution is 5.92. The summed E-state index contributed by atoms with van der Waals surface area (Å²) in [6.07, 6.45) is 5.35. The fourth-order valence-electron chi connectivity index (χ4n) is 3.28. The van der Waals surface area contributed by atoms with Crippen molar-refractivity contribution >= 4 is 5.91 Å². The summed E-state index contributed by atoms with van der Waals surface area (Å²) in [5, 5.41) is 7.84. The minimum Gasteiger partial charge on any atom is -0.497 e. The molecule has 1 saturated heterocycles. The molecule has 1 fully saturated rings. The van der Waals surface area contributed by atoms with Crippen LogP contribution in [0.3, 0.4) is 0 Å². The zero-order valence-corrected chi connectivity index (χ0v) is 15.1. The quantitative estimate of drug-likeness (QED) is 0.768. The van der Waals surface area contributed by atoms with Gasteiger partial charge in [0, 0.05) is 38.2 Å². The van der Waals surface area contributed by atoms with Crippen LogP contribution >= 0.6 is 0 Å². The second-order valence-electron chi connectivity index (χ2n) is 6.35. The van der Waals surface area contributed by atoms with Crippen molar-refractivity contribution in [3.05, 3.63) is 72.3 Å². The predicted molar refractivity (Wildman–Crippen MR) is 101 cm³/mol. The van der Waals surface area contributed by atoms with E-state index in [1.165, 1.54) is 0 Å². The van der Waals surface area contributed by atoms with Gasteiger partial charge in [0.05, 0.1) is 18.8 Å². The van der Waals surface area contributed by atoms with E-state index in [0.717, 1.165) is 23.5 Å². The van der Waals surface area contributed by atoms with Crippen LogP contribution in [0.4, 0.5) is 0 Å².